The van der Waals surface area contributed by atoms with Crippen molar-refractivity contribution in [2.24, 2.45) is 0 Å². The Morgan fingerprint density at radius 3 is 2.43 bits per heavy atom. The molecule has 21 heavy (non-hydrogen) atoms. The zero-order valence-corrected chi connectivity index (χ0v) is 13.6. The van der Waals surface area contributed by atoms with Crippen LogP contribution in [-0.2, 0) is 0 Å². The van der Waals surface area contributed by atoms with E-state index in [1.807, 2.05) is 0 Å². The van der Waals surface area contributed by atoms with Gasteiger partial charge in [0.25, 0.3) is 0 Å². The SMILES string of the molecule is Cc1ccc(C2CC(NCCN(C)C3CCCC3)C2)cc1. The Labute approximate surface area is 129 Å². The van der Waals surface area contributed by atoms with Crippen LogP contribution in [0.15, 0.2) is 24.3 Å². The fourth-order valence-electron chi connectivity index (χ4n) is 3.87. The van der Waals surface area contributed by atoms with Gasteiger partial charge in [0.15, 0.2) is 0 Å². The van der Waals surface area contributed by atoms with Gasteiger partial charge in [-0.15, -0.1) is 0 Å². The number of benzene rings is 1. The van der Waals surface area contributed by atoms with E-state index in [1.165, 1.54) is 56.2 Å². The largest absolute Gasteiger partial charge is 0.313 e. The Morgan fingerprint density at radius 2 is 1.76 bits per heavy atom. The lowest BCUT2D eigenvalue weighted by molar-refractivity contribution is 0.225. The van der Waals surface area contributed by atoms with Gasteiger partial charge in [-0.25, -0.2) is 0 Å². The molecule has 0 saturated heterocycles. The van der Waals surface area contributed by atoms with Gasteiger partial charge in [0.1, 0.15) is 0 Å². The van der Waals surface area contributed by atoms with E-state index < -0.39 is 0 Å². The second-order valence-corrected chi connectivity index (χ2v) is 7.15. The van der Waals surface area contributed by atoms with E-state index in [0.717, 1.165) is 24.5 Å². The Morgan fingerprint density at radius 1 is 1.10 bits per heavy atom. The fourth-order valence-corrected chi connectivity index (χ4v) is 3.87. The van der Waals surface area contributed by atoms with Gasteiger partial charge in [-0.1, -0.05) is 42.7 Å². The smallest absolute Gasteiger partial charge is 0.0107 e. The van der Waals surface area contributed by atoms with Crippen molar-refractivity contribution in [3.8, 4) is 0 Å². The predicted molar refractivity (Wildman–Crippen MR) is 89.8 cm³/mol. The predicted octanol–water partition coefficient (Wildman–Crippen LogP) is 3.71. The molecule has 2 nitrogen and oxygen atoms in total. The maximum absolute atomic E-state index is 3.74. The average Bonchev–Trinajstić information content (AvgIpc) is 2.97. The third kappa shape index (κ3) is 3.87. The minimum Gasteiger partial charge on any atom is -0.313 e. The topological polar surface area (TPSA) is 15.3 Å². The molecule has 0 spiro atoms. The van der Waals surface area contributed by atoms with E-state index >= 15 is 0 Å². The molecule has 0 atom stereocenters. The van der Waals surface area contributed by atoms with Gasteiger partial charge >= 0.3 is 0 Å². The Bertz CT molecular complexity index is 427. The molecule has 2 aliphatic carbocycles. The maximum Gasteiger partial charge on any atom is 0.0107 e. The molecule has 2 fully saturated rings. The van der Waals surface area contributed by atoms with Gasteiger partial charge in [0.05, 0.1) is 0 Å². The maximum atomic E-state index is 3.74. The molecule has 0 unspecified atom stereocenters. The lowest BCUT2D eigenvalue weighted by Crippen LogP contribution is -2.44. The molecular formula is C19H30N2. The third-order valence-corrected chi connectivity index (χ3v) is 5.53. The minimum absolute atomic E-state index is 0.744. The molecule has 1 aromatic carbocycles. The molecular weight excluding hydrogens is 256 g/mol. The van der Waals surface area contributed by atoms with E-state index in [9.17, 15) is 0 Å². The molecule has 3 rings (SSSR count). The molecule has 1 aromatic rings. The number of nitrogens with one attached hydrogen (secondary N) is 1. The number of hydrogen-bond donors (Lipinski definition) is 1. The van der Waals surface area contributed by atoms with Crippen molar-refractivity contribution in [1.82, 2.24) is 10.2 Å². The van der Waals surface area contributed by atoms with Crippen LogP contribution in [0.3, 0.4) is 0 Å². The van der Waals surface area contributed by atoms with Gasteiger partial charge < -0.3 is 10.2 Å². The highest BCUT2D eigenvalue weighted by Crippen LogP contribution is 2.36. The van der Waals surface area contributed by atoms with E-state index in [2.05, 4.69) is 48.5 Å². The van der Waals surface area contributed by atoms with Crippen molar-refractivity contribution in [3.05, 3.63) is 35.4 Å². The highest BCUT2D eigenvalue weighted by Gasteiger charge is 2.29. The first-order chi connectivity index (χ1) is 10.2. The molecule has 0 aromatic heterocycles. The van der Waals surface area contributed by atoms with Crippen molar-refractivity contribution in [2.45, 2.75) is 63.5 Å². The Balaban J connectivity index is 1.32. The van der Waals surface area contributed by atoms with Crippen LogP contribution in [0.1, 0.15) is 55.6 Å². The van der Waals surface area contributed by atoms with E-state index in [-0.39, 0.29) is 0 Å². The van der Waals surface area contributed by atoms with E-state index in [0.29, 0.717) is 0 Å². The number of likely N-dealkylation sites (N-methyl/N-ethyl adjacent to an activating group) is 1. The van der Waals surface area contributed by atoms with Gasteiger partial charge in [-0.3, -0.25) is 0 Å². The number of nitrogens with zero attached hydrogens (tertiary/aromatic N) is 1. The molecule has 0 bridgehead atoms. The highest BCUT2D eigenvalue weighted by molar-refractivity contribution is 5.26. The van der Waals surface area contributed by atoms with Gasteiger partial charge in [0, 0.05) is 25.2 Å². The monoisotopic (exact) mass is 286 g/mol. The zero-order chi connectivity index (χ0) is 14.7. The average molecular weight is 286 g/mol. The summed E-state index contributed by atoms with van der Waals surface area (Å²) >= 11 is 0. The molecule has 2 heteroatoms. The van der Waals surface area contributed by atoms with Crippen LogP contribution in [-0.4, -0.2) is 37.1 Å². The highest BCUT2D eigenvalue weighted by atomic mass is 15.1. The van der Waals surface area contributed by atoms with E-state index in [1.54, 1.807) is 0 Å². The summed E-state index contributed by atoms with van der Waals surface area (Å²) < 4.78 is 0. The van der Waals surface area contributed by atoms with Crippen LogP contribution >= 0.6 is 0 Å². The van der Waals surface area contributed by atoms with Gasteiger partial charge in [-0.2, -0.15) is 0 Å². The first kappa shape index (κ1) is 15.1. The third-order valence-electron chi connectivity index (χ3n) is 5.53. The van der Waals surface area contributed by atoms with E-state index in [4.69, 9.17) is 0 Å². The summed E-state index contributed by atoms with van der Waals surface area (Å²) in [7, 11) is 2.30. The number of hydrogen-bond acceptors (Lipinski definition) is 2. The summed E-state index contributed by atoms with van der Waals surface area (Å²) in [6, 6.07) is 10.7. The second kappa shape index (κ2) is 6.93. The molecule has 2 saturated carbocycles. The Kier molecular flexibility index (Phi) is 4.97. The molecule has 0 radical (unpaired) electrons. The molecule has 0 amide bonds. The normalized spacial score (nSPS) is 26.2. The fraction of sp³-hybridized carbons (Fsp3) is 0.684. The molecule has 0 heterocycles. The van der Waals surface area contributed by atoms with Crippen LogP contribution in [0.4, 0.5) is 0 Å². The summed E-state index contributed by atoms with van der Waals surface area (Å²) in [6.45, 7) is 4.52. The van der Waals surface area contributed by atoms with Crippen molar-refractivity contribution in [2.75, 3.05) is 20.1 Å². The van der Waals surface area contributed by atoms with Crippen LogP contribution in [0.25, 0.3) is 0 Å². The van der Waals surface area contributed by atoms with Crippen molar-refractivity contribution < 1.29 is 0 Å². The Hall–Kier alpha value is -0.860. The van der Waals surface area contributed by atoms with Gasteiger partial charge in [0.2, 0.25) is 0 Å². The van der Waals surface area contributed by atoms with Crippen LogP contribution in [0.2, 0.25) is 0 Å². The van der Waals surface area contributed by atoms with Crippen molar-refractivity contribution in [1.29, 1.82) is 0 Å². The number of rotatable bonds is 6. The zero-order valence-electron chi connectivity index (χ0n) is 13.6. The summed E-state index contributed by atoms with van der Waals surface area (Å²) in [5, 5.41) is 3.74. The lowest BCUT2D eigenvalue weighted by Gasteiger charge is -2.37. The molecule has 2 aliphatic rings. The van der Waals surface area contributed by atoms with Crippen molar-refractivity contribution in [3.63, 3.8) is 0 Å². The van der Waals surface area contributed by atoms with Crippen LogP contribution in [0.5, 0.6) is 0 Å². The number of aryl methyl sites for hydroxylation is 1. The van der Waals surface area contributed by atoms with Crippen LogP contribution in [0, 0.1) is 6.92 Å². The first-order valence-electron chi connectivity index (χ1n) is 8.72. The quantitative estimate of drug-likeness (QED) is 0.857. The summed E-state index contributed by atoms with van der Waals surface area (Å²) in [4.78, 5) is 2.57. The lowest BCUT2D eigenvalue weighted by atomic mass is 9.76. The van der Waals surface area contributed by atoms with Crippen molar-refractivity contribution >= 4 is 0 Å². The molecule has 1 N–H and O–H groups in total. The minimum atomic E-state index is 0.744. The van der Waals surface area contributed by atoms with Crippen LogP contribution < -0.4 is 5.32 Å². The molecule has 116 valence electrons. The molecule has 0 aliphatic heterocycles. The second-order valence-electron chi connectivity index (χ2n) is 7.15. The summed E-state index contributed by atoms with van der Waals surface area (Å²) in [5.74, 6) is 0.788. The summed E-state index contributed by atoms with van der Waals surface area (Å²) in [5.41, 5.74) is 2.89. The standard InChI is InChI=1S/C19H30N2/c1-15-7-9-16(10-8-15)17-13-18(14-17)20-11-12-21(2)19-5-3-4-6-19/h7-10,17-20H,3-6,11-14H2,1-2H3. The van der Waals surface area contributed by atoms with Gasteiger partial charge in [-0.05, 0) is 51.1 Å². The summed E-state index contributed by atoms with van der Waals surface area (Å²) in [6.07, 6.45) is 8.32. The first-order valence-corrected chi connectivity index (χ1v) is 8.72.